The van der Waals surface area contributed by atoms with Crippen LogP contribution in [-0.2, 0) is 11.2 Å². The van der Waals surface area contributed by atoms with E-state index in [0.717, 1.165) is 13.0 Å². The van der Waals surface area contributed by atoms with Crippen molar-refractivity contribution in [3.63, 3.8) is 0 Å². The molecule has 1 aromatic rings. The number of hydrogen-bond donors (Lipinski definition) is 1. The van der Waals surface area contributed by atoms with Crippen molar-refractivity contribution in [2.45, 2.75) is 26.7 Å². The van der Waals surface area contributed by atoms with Gasteiger partial charge < -0.3 is 10.6 Å². The maximum atomic E-state index is 11.9. The van der Waals surface area contributed by atoms with Crippen LogP contribution >= 0.6 is 0 Å². The summed E-state index contributed by atoms with van der Waals surface area (Å²) in [4.78, 5) is 13.7. The van der Waals surface area contributed by atoms with Gasteiger partial charge in [0.1, 0.15) is 0 Å². The van der Waals surface area contributed by atoms with Crippen molar-refractivity contribution in [3.05, 3.63) is 35.4 Å². The van der Waals surface area contributed by atoms with Crippen LogP contribution < -0.4 is 5.73 Å². The minimum absolute atomic E-state index is 0.181. The SMILES string of the molecule is Cc1ccc(CCN(C)C(=O)CC(C)CN)cc1. The average molecular weight is 248 g/mol. The van der Waals surface area contributed by atoms with Crippen LogP contribution in [0.2, 0.25) is 0 Å². The van der Waals surface area contributed by atoms with Gasteiger partial charge in [-0.1, -0.05) is 36.8 Å². The predicted molar refractivity (Wildman–Crippen MR) is 75.4 cm³/mol. The average Bonchev–Trinajstić information content (AvgIpc) is 2.37. The van der Waals surface area contributed by atoms with Crippen LogP contribution in [0.1, 0.15) is 24.5 Å². The number of carbonyl (C=O) groups excluding carboxylic acids is 1. The first-order chi connectivity index (χ1) is 8.52. The van der Waals surface area contributed by atoms with E-state index >= 15 is 0 Å². The summed E-state index contributed by atoms with van der Waals surface area (Å²) in [6, 6.07) is 8.45. The van der Waals surface area contributed by atoms with Crippen LogP contribution in [0.3, 0.4) is 0 Å². The van der Waals surface area contributed by atoms with Gasteiger partial charge in [0.25, 0.3) is 0 Å². The summed E-state index contributed by atoms with van der Waals surface area (Å²) in [5.41, 5.74) is 8.06. The van der Waals surface area contributed by atoms with Crippen molar-refractivity contribution in [3.8, 4) is 0 Å². The highest BCUT2D eigenvalue weighted by Crippen LogP contribution is 2.06. The molecule has 1 unspecified atom stereocenters. The molecule has 0 aliphatic heterocycles. The minimum Gasteiger partial charge on any atom is -0.345 e. The highest BCUT2D eigenvalue weighted by atomic mass is 16.2. The lowest BCUT2D eigenvalue weighted by Crippen LogP contribution is -2.31. The van der Waals surface area contributed by atoms with Gasteiger partial charge in [-0.05, 0) is 31.4 Å². The first-order valence-electron chi connectivity index (χ1n) is 6.52. The monoisotopic (exact) mass is 248 g/mol. The molecule has 0 aliphatic carbocycles. The lowest BCUT2D eigenvalue weighted by Gasteiger charge is -2.19. The molecule has 100 valence electrons. The number of nitrogens with zero attached hydrogens (tertiary/aromatic N) is 1. The van der Waals surface area contributed by atoms with Crippen LogP contribution in [-0.4, -0.2) is 30.9 Å². The Kier molecular flexibility index (Phi) is 5.86. The zero-order chi connectivity index (χ0) is 13.5. The molecule has 0 saturated carbocycles. The highest BCUT2D eigenvalue weighted by molar-refractivity contribution is 5.76. The Morgan fingerprint density at radius 2 is 1.94 bits per heavy atom. The van der Waals surface area contributed by atoms with Crippen LogP contribution in [0.4, 0.5) is 0 Å². The van der Waals surface area contributed by atoms with Gasteiger partial charge in [0.05, 0.1) is 0 Å². The Hall–Kier alpha value is -1.35. The maximum Gasteiger partial charge on any atom is 0.222 e. The van der Waals surface area contributed by atoms with E-state index in [1.807, 2.05) is 14.0 Å². The fourth-order valence-corrected chi connectivity index (χ4v) is 1.71. The van der Waals surface area contributed by atoms with E-state index in [4.69, 9.17) is 5.73 Å². The number of amides is 1. The molecule has 18 heavy (non-hydrogen) atoms. The van der Waals surface area contributed by atoms with Gasteiger partial charge in [0, 0.05) is 20.0 Å². The number of aryl methyl sites for hydroxylation is 1. The highest BCUT2D eigenvalue weighted by Gasteiger charge is 2.12. The Morgan fingerprint density at radius 1 is 1.33 bits per heavy atom. The van der Waals surface area contributed by atoms with E-state index in [9.17, 15) is 4.79 Å². The number of hydrogen-bond acceptors (Lipinski definition) is 2. The molecule has 1 atom stereocenters. The van der Waals surface area contributed by atoms with E-state index in [-0.39, 0.29) is 11.8 Å². The summed E-state index contributed by atoms with van der Waals surface area (Å²) < 4.78 is 0. The Morgan fingerprint density at radius 3 is 2.50 bits per heavy atom. The molecule has 3 heteroatoms. The number of nitrogens with two attached hydrogens (primary N) is 1. The van der Waals surface area contributed by atoms with Crippen molar-refractivity contribution < 1.29 is 4.79 Å². The number of rotatable bonds is 6. The lowest BCUT2D eigenvalue weighted by molar-refractivity contribution is -0.130. The molecule has 0 heterocycles. The molecule has 1 amide bonds. The normalized spacial score (nSPS) is 12.2. The third-order valence-electron chi connectivity index (χ3n) is 3.21. The van der Waals surface area contributed by atoms with Gasteiger partial charge in [-0.15, -0.1) is 0 Å². The van der Waals surface area contributed by atoms with Gasteiger partial charge in [-0.2, -0.15) is 0 Å². The Labute approximate surface area is 110 Å². The van der Waals surface area contributed by atoms with Crippen LogP contribution in [0.25, 0.3) is 0 Å². The molecule has 0 spiro atoms. The van der Waals surface area contributed by atoms with E-state index in [1.54, 1.807) is 4.90 Å². The topological polar surface area (TPSA) is 46.3 Å². The molecular formula is C15H24N2O. The Balaban J connectivity index is 2.38. The van der Waals surface area contributed by atoms with E-state index in [2.05, 4.69) is 31.2 Å². The third-order valence-corrected chi connectivity index (χ3v) is 3.21. The molecule has 0 aliphatic rings. The van der Waals surface area contributed by atoms with E-state index < -0.39 is 0 Å². The molecule has 2 N–H and O–H groups in total. The fraction of sp³-hybridized carbons (Fsp3) is 0.533. The second-order valence-electron chi connectivity index (χ2n) is 5.10. The van der Waals surface area contributed by atoms with Gasteiger partial charge in [0.2, 0.25) is 5.91 Å². The van der Waals surface area contributed by atoms with Gasteiger partial charge >= 0.3 is 0 Å². The van der Waals surface area contributed by atoms with Crippen LogP contribution in [0.5, 0.6) is 0 Å². The van der Waals surface area contributed by atoms with Crippen molar-refractivity contribution in [1.29, 1.82) is 0 Å². The smallest absolute Gasteiger partial charge is 0.222 e. The van der Waals surface area contributed by atoms with Gasteiger partial charge in [0.15, 0.2) is 0 Å². The first kappa shape index (κ1) is 14.7. The van der Waals surface area contributed by atoms with Crippen molar-refractivity contribution in [1.82, 2.24) is 4.90 Å². The predicted octanol–water partition coefficient (Wildman–Crippen LogP) is 1.98. The second kappa shape index (κ2) is 7.17. The summed E-state index contributed by atoms with van der Waals surface area (Å²) in [7, 11) is 1.86. The largest absolute Gasteiger partial charge is 0.345 e. The zero-order valence-corrected chi connectivity index (χ0v) is 11.6. The second-order valence-corrected chi connectivity index (χ2v) is 5.10. The van der Waals surface area contributed by atoms with Crippen LogP contribution in [0.15, 0.2) is 24.3 Å². The summed E-state index contributed by atoms with van der Waals surface area (Å²) >= 11 is 0. The zero-order valence-electron chi connectivity index (χ0n) is 11.6. The molecule has 0 aromatic heterocycles. The van der Waals surface area contributed by atoms with E-state index in [0.29, 0.717) is 13.0 Å². The van der Waals surface area contributed by atoms with Crippen molar-refractivity contribution in [2.24, 2.45) is 11.7 Å². The van der Waals surface area contributed by atoms with Crippen molar-refractivity contribution >= 4 is 5.91 Å². The molecule has 0 bridgehead atoms. The first-order valence-corrected chi connectivity index (χ1v) is 6.52. The molecule has 1 aromatic carbocycles. The number of carbonyl (C=O) groups is 1. The summed E-state index contributed by atoms with van der Waals surface area (Å²) in [5.74, 6) is 0.444. The Bertz CT molecular complexity index is 373. The molecule has 3 nitrogen and oxygen atoms in total. The lowest BCUT2D eigenvalue weighted by atomic mass is 10.1. The molecule has 0 fully saturated rings. The molecule has 0 radical (unpaired) electrons. The van der Waals surface area contributed by atoms with Gasteiger partial charge in [-0.25, -0.2) is 0 Å². The third kappa shape index (κ3) is 4.88. The minimum atomic E-state index is 0.181. The molecule has 1 rings (SSSR count). The van der Waals surface area contributed by atoms with E-state index in [1.165, 1.54) is 11.1 Å². The molecule has 0 saturated heterocycles. The number of benzene rings is 1. The van der Waals surface area contributed by atoms with Gasteiger partial charge in [-0.3, -0.25) is 4.79 Å². The summed E-state index contributed by atoms with van der Waals surface area (Å²) in [6.45, 7) is 5.41. The van der Waals surface area contributed by atoms with Crippen LogP contribution in [0, 0.1) is 12.8 Å². The quantitative estimate of drug-likeness (QED) is 0.836. The fourth-order valence-electron chi connectivity index (χ4n) is 1.71. The van der Waals surface area contributed by atoms with Crippen molar-refractivity contribution in [2.75, 3.05) is 20.1 Å². The molecular weight excluding hydrogens is 224 g/mol. The standard InChI is InChI=1S/C15H24N2O/c1-12-4-6-14(7-5-12)8-9-17(3)15(18)10-13(2)11-16/h4-7,13H,8-11,16H2,1-3H3. The number of likely N-dealkylation sites (N-methyl/N-ethyl adjacent to an activating group) is 1. The maximum absolute atomic E-state index is 11.9. The summed E-state index contributed by atoms with van der Waals surface area (Å²) in [6.07, 6.45) is 1.44. The summed E-state index contributed by atoms with van der Waals surface area (Å²) in [5, 5.41) is 0.